The quantitative estimate of drug-likeness (QED) is 0.767. The van der Waals surface area contributed by atoms with E-state index in [0.29, 0.717) is 17.6 Å². The van der Waals surface area contributed by atoms with E-state index < -0.39 is 0 Å². The van der Waals surface area contributed by atoms with Crippen molar-refractivity contribution >= 4 is 22.0 Å². The maximum absolute atomic E-state index is 11.9. The largest absolute Gasteiger partial charge is 0.454 e. The van der Waals surface area contributed by atoms with Gasteiger partial charge in [0.15, 0.2) is 4.67 Å². The summed E-state index contributed by atoms with van der Waals surface area (Å²) in [5, 5.41) is 15.2. The fourth-order valence-corrected chi connectivity index (χ4v) is 3.00. The molecule has 2 rings (SSSR count). The standard InChI is InChI=1S/C14H21BrN2O3/c1-14(9-18)7-2-3-11(14)17-13(19)16-8-6-10-4-5-12(15)20-10/h4-5,11,18H,2-3,6-9H2,1H3,(H2,16,17,19). The van der Waals surface area contributed by atoms with Gasteiger partial charge >= 0.3 is 6.03 Å². The lowest BCUT2D eigenvalue weighted by atomic mass is 9.86. The van der Waals surface area contributed by atoms with Gasteiger partial charge in [-0.25, -0.2) is 4.79 Å². The van der Waals surface area contributed by atoms with E-state index in [-0.39, 0.29) is 24.1 Å². The fourth-order valence-electron chi connectivity index (χ4n) is 2.66. The van der Waals surface area contributed by atoms with E-state index in [2.05, 4.69) is 26.6 Å². The molecule has 2 atom stereocenters. The molecule has 1 aromatic heterocycles. The van der Waals surface area contributed by atoms with Crippen LogP contribution in [0.1, 0.15) is 31.9 Å². The molecule has 0 aliphatic heterocycles. The zero-order chi connectivity index (χ0) is 14.6. The van der Waals surface area contributed by atoms with Crippen molar-refractivity contribution in [3.8, 4) is 0 Å². The molecule has 1 heterocycles. The summed E-state index contributed by atoms with van der Waals surface area (Å²) in [6.07, 6.45) is 3.58. The highest BCUT2D eigenvalue weighted by Gasteiger charge is 2.38. The van der Waals surface area contributed by atoms with Crippen LogP contribution in [-0.2, 0) is 6.42 Å². The molecule has 20 heavy (non-hydrogen) atoms. The van der Waals surface area contributed by atoms with Gasteiger partial charge < -0.3 is 20.2 Å². The Balaban J connectivity index is 1.73. The number of hydrogen-bond donors (Lipinski definition) is 3. The van der Waals surface area contributed by atoms with Gasteiger partial charge in [0.1, 0.15) is 5.76 Å². The first-order valence-electron chi connectivity index (χ1n) is 6.93. The number of amides is 2. The second-order valence-corrected chi connectivity index (χ2v) is 6.39. The number of rotatable bonds is 5. The average Bonchev–Trinajstić information content (AvgIpc) is 2.98. The summed E-state index contributed by atoms with van der Waals surface area (Å²) in [6.45, 7) is 2.65. The van der Waals surface area contributed by atoms with Crippen molar-refractivity contribution in [1.82, 2.24) is 10.6 Å². The smallest absolute Gasteiger partial charge is 0.315 e. The summed E-state index contributed by atoms with van der Waals surface area (Å²) in [7, 11) is 0. The molecule has 112 valence electrons. The maximum Gasteiger partial charge on any atom is 0.315 e. The first-order chi connectivity index (χ1) is 9.53. The summed E-state index contributed by atoms with van der Waals surface area (Å²) in [6, 6.07) is 3.58. The van der Waals surface area contributed by atoms with Crippen LogP contribution in [0.15, 0.2) is 21.2 Å². The van der Waals surface area contributed by atoms with E-state index in [0.717, 1.165) is 25.0 Å². The molecule has 5 nitrogen and oxygen atoms in total. The molecule has 1 aliphatic rings. The number of urea groups is 1. The third-order valence-electron chi connectivity index (χ3n) is 4.03. The van der Waals surface area contributed by atoms with Crippen molar-refractivity contribution in [1.29, 1.82) is 0 Å². The lowest BCUT2D eigenvalue weighted by Crippen LogP contribution is -2.48. The van der Waals surface area contributed by atoms with Crippen LogP contribution in [0, 0.1) is 5.41 Å². The molecule has 2 unspecified atom stereocenters. The number of nitrogens with one attached hydrogen (secondary N) is 2. The predicted octanol–water partition coefficient (Wildman–Crippen LogP) is 2.43. The first-order valence-corrected chi connectivity index (χ1v) is 7.72. The molecule has 0 aromatic carbocycles. The van der Waals surface area contributed by atoms with Crippen LogP contribution in [0.2, 0.25) is 0 Å². The van der Waals surface area contributed by atoms with E-state index in [9.17, 15) is 9.90 Å². The second-order valence-electron chi connectivity index (χ2n) is 5.61. The van der Waals surface area contributed by atoms with Gasteiger partial charge in [-0.3, -0.25) is 0 Å². The Hall–Kier alpha value is -1.01. The number of carbonyl (C=O) groups is 1. The first kappa shape index (κ1) is 15.4. The number of hydrogen-bond acceptors (Lipinski definition) is 3. The van der Waals surface area contributed by atoms with Gasteiger partial charge in [0, 0.05) is 24.4 Å². The van der Waals surface area contributed by atoms with Crippen LogP contribution in [0.5, 0.6) is 0 Å². The van der Waals surface area contributed by atoms with Crippen LogP contribution in [0.4, 0.5) is 4.79 Å². The Morgan fingerprint density at radius 1 is 1.60 bits per heavy atom. The van der Waals surface area contributed by atoms with Crippen molar-refractivity contribution < 1.29 is 14.3 Å². The van der Waals surface area contributed by atoms with E-state index in [1.165, 1.54) is 0 Å². The van der Waals surface area contributed by atoms with Crippen LogP contribution in [-0.4, -0.2) is 30.3 Å². The van der Waals surface area contributed by atoms with Gasteiger partial charge in [0.25, 0.3) is 0 Å². The number of furan rings is 1. The molecular formula is C14H21BrN2O3. The highest BCUT2D eigenvalue weighted by molar-refractivity contribution is 9.10. The average molecular weight is 345 g/mol. The Bertz CT molecular complexity index is 463. The molecule has 6 heteroatoms. The van der Waals surface area contributed by atoms with Gasteiger partial charge in [-0.05, 0) is 40.9 Å². The van der Waals surface area contributed by atoms with Gasteiger partial charge in [0.2, 0.25) is 0 Å². The number of aliphatic hydroxyl groups excluding tert-OH is 1. The summed E-state index contributed by atoms with van der Waals surface area (Å²) >= 11 is 3.24. The molecule has 1 saturated carbocycles. The van der Waals surface area contributed by atoms with Crippen molar-refractivity contribution in [2.45, 2.75) is 38.6 Å². The van der Waals surface area contributed by atoms with E-state index in [1.54, 1.807) is 0 Å². The Kier molecular flexibility index (Phi) is 5.10. The highest BCUT2D eigenvalue weighted by Crippen LogP contribution is 2.37. The molecule has 1 fully saturated rings. The number of aliphatic hydroxyl groups is 1. The van der Waals surface area contributed by atoms with Crippen molar-refractivity contribution in [3.05, 3.63) is 22.6 Å². The maximum atomic E-state index is 11.9. The van der Waals surface area contributed by atoms with Gasteiger partial charge in [0.05, 0.1) is 6.61 Å². The Morgan fingerprint density at radius 3 is 3.05 bits per heavy atom. The van der Waals surface area contributed by atoms with Gasteiger partial charge in [-0.2, -0.15) is 0 Å². The summed E-state index contributed by atoms with van der Waals surface area (Å²) in [5.41, 5.74) is -0.191. The zero-order valence-corrected chi connectivity index (χ0v) is 13.2. The molecular weight excluding hydrogens is 324 g/mol. The van der Waals surface area contributed by atoms with Crippen LogP contribution < -0.4 is 10.6 Å². The minimum absolute atomic E-state index is 0.0465. The number of halogens is 1. The summed E-state index contributed by atoms with van der Waals surface area (Å²) in [4.78, 5) is 11.9. The molecule has 0 radical (unpaired) electrons. The van der Waals surface area contributed by atoms with Crippen molar-refractivity contribution in [2.24, 2.45) is 5.41 Å². The van der Waals surface area contributed by atoms with Gasteiger partial charge in [-0.15, -0.1) is 0 Å². The molecule has 1 aliphatic carbocycles. The Morgan fingerprint density at radius 2 is 2.40 bits per heavy atom. The minimum atomic E-state index is -0.191. The third-order valence-corrected chi connectivity index (χ3v) is 4.46. The second kappa shape index (κ2) is 6.63. The molecule has 1 aromatic rings. The summed E-state index contributed by atoms with van der Waals surface area (Å²) < 4.78 is 6.06. The molecule has 0 bridgehead atoms. The molecule has 3 N–H and O–H groups in total. The summed E-state index contributed by atoms with van der Waals surface area (Å²) in [5.74, 6) is 0.832. The normalized spacial score (nSPS) is 25.6. The number of carbonyl (C=O) groups excluding carboxylic acids is 1. The fraction of sp³-hybridized carbons (Fsp3) is 0.643. The van der Waals surface area contributed by atoms with Crippen molar-refractivity contribution in [3.63, 3.8) is 0 Å². The Labute approximate surface area is 127 Å². The topological polar surface area (TPSA) is 74.5 Å². The van der Waals surface area contributed by atoms with E-state index >= 15 is 0 Å². The molecule has 0 saturated heterocycles. The SMILES string of the molecule is CC1(CO)CCCC1NC(=O)NCCc1ccc(Br)o1. The molecule has 0 spiro atoms. The van der Waals surface area contributed by atoms with Crippen LogP contribution in [0.25, 0.3) is 0 Å². The predicted molar refractivity (Wildman–Crippen MR) is 79.5 cm³/mol. The lowest BCUT2D eigenvalue weighted by molar-refractivity contribution is 0.121. The molecule has 2 amide bonds. The van der Waals surface area contributed by atoms with Gasteiger partial charge in [-0.1, -0.05) is 13.3 Å². The monoisotopic (exact) mass is 344 g/mol. The van der Waals surface area contributed by atoms with Crippen molar-refractivity contribution in [2.75, 3.05) is 13.2 Å². The zero-order valence-electron chi connectivity index (χ0n) is 11.6. The van der Waals surface area contributed by atoms with Crippen LogP contribution >= 0.6 is 15.9 Å². The van der Waals surface area contributed by atoms with Crippen LogP contribution in [0.3, 0.4) is 0 Å². The van der Waals surface area contributed by atoms with E-state index in [4.69, 9.17) is 4.42 Å². The minimum Gasteiger partial charge on any atom is -0.454 e. The third kappa shape index (κ3) is 3.76. The van der Waals surface area contributed by atoms with E-state index in [1.807, 2.05) is 19.1 Å². The lowest BCUT2D eigenvalue weighted by Gasteiger charge is -2.30. The highest BCUT2D eigenvalue weighted by atomic mass is 79.9.